The van der Waals surface area contributed by atoms with Crippen LogP contribution in [0, 0.1) is 0 Å². The fourth-order valence-corrected chi connectivity index (χ4v) is 1.93. The number of nitrogens with two attached hydrogens (primary N) is 1. The van der Waals surface area contributed by atoms with Crippen molar-refractivity contribution >= 4 is 10.9 Å². The van der Waals surface area contributed by atoms with Gasteiger partial charge in [0.05, 0.1) is 12.1 Å². The van der Waals surface area contributed by atoms with Gasteiger partial charge in [-0.3, -0.25) is 4.98 Å². The predicted molar refractivity (Wildman–Crippen MR) is 74.7 cm³/mol. The van der Waals surface area contributed by atoms with E-state index < -0.39 is 0 Å². The number of nitrogens with zero attached hydrogens (tertiary/aromatic N) is 1. The molecule has 0 amide bonds. The quantitative estimate of drug-likeness (QED) is 0.794. The van der Waals surface area contributed by atoms with E-state index in [1.165, 1.54) is 0 Å². The van der Waals surface area contributed by atoms with E-state index in [0.29, 0.717) is 12.6 Å². The average Bonchev–Trinajstić information content (AvgIpc) is 2.43. The molecule has 1 aromatic carbocycles. The van der Waals surface area contributed by atoms with Gasteiger partial charge in [0.2, 0.25) is 0 Å². The zero-order valence-corrected chi connectivity index (χ0v) is 10.8. The summed E-state index contributed by atoms with van der Waals surface area (Å²) in [6, 6.07) is 10.2. The Morgan fingerprint density at radius 2 is 2.17 bits per heavy atom. The van der Waals surface area contributed by atoms with Crippen molar-refractivity contribution in [2.24, 2.45) is 5.73 Å². The van der Waals surface area contributed by atoms with Crippen LogP contribution >= 0.6 is 0 Å². The molecule has 0 saturated heterocycles. The molecular formula is C15H20N2O. The average molecular weight is 244 g/mol. The Morgan fingerprint density at radius 1 is 1.28 bits per heavy atom. The van der Waals surface area contributed by atoms with Gasteiger partial charge in [-0.15, -0.1) is 0 Å². The van der Waals surface area contributed by atoms with Crippen molar-refractivity contribution in [2.45, 2.75) is 32.2 Å². The molecule has 0 aliphatic heterocycles. The van der Waals surface area contributed by atoms with E-state index in [-0.39, 0.29) is 0 Å². The minimum atomic E-state index is 0.294. The third-order valence-electron chi connectivity index (χ3n) is 3.11. The van der Waals surface area contributed by atoms with Crippen LogP contribution in [0.4, 0.5) is 0 Å². The maximum absolute atomic E-state index is 5.88. The second-order valence-corrected chi connectivity index (χ2v) is 4.49. The van der Waals surface area contributed by atoms with Crippen LogP contribution in [0.5, 0.6) is 5.75 Å². The summed E-state index contributed by atoms with van der Waals surface area (Å²) in [4.78, 5) is 4.31. The molecule has 0 saturated carbocycles. The number of hydrogen-bond acceptors (Lipinski definition) is 3. The molecule has 1 atom stereocenters. The van der Waals surface area contributed by atoms with Gasteiger partial charge in [0.15, 0.2) is 0 Å². The van der Waals surface area contributed by atoms with Gasteiger partial charge in [-0.05, 0) is 43.5 Å². The molecule has 18 heavy (non-hydrogen) atoms. The molecule has 1 heterocycles. The smallest absolute Gasteiger partial charge is 0.128 e. The van der Waals surface area contributed by atoms with Gasteiger partial charge in [0.1, 0.15) is 5.75 Å². The molecule has 1 unspecified atom stereocenters. The van der Waals surface area contributed by atoms with Crippen LogP contribution in [0.1, 0.15) is 26.2 Å². The Balaban J connectivity index is 1.95. The molecule has 3 nitrogen and oxygen atoms in total. The Kier molecular flexibility index (Phi) is 4.53. The van der Waals surface area contributed by atoms with Crippen LogP contribution < -0.4 is 10.5 Å². The highest BCUT2D eigenvalue weighted by Gasteiger charge is 2.03. The highest BCUT2D eigenvalue weighted by Crippen LogP contribution is 2.23. The lowest BCUT2D eigenvalue weighted by molar-refractivity contribution is 0.304. The van der Waals surface area contributed by atoms with E-state index in [0.717, 1.165) is 35.9 Å². The minimum absolute atomic E-state index is 0.294. The van der Waals surface area contributed by atoms with E-state index in [1.54, 1.807) is 6.20 Å². The Hall–Kier alpha value is -1.61. The topological polar surface area (TPSA) is 48.1 Å². The van der Waals surface area contributed by atoms with Crippen LogP contribution in [0.3, 0.4) is 0 Å². The first kappa shape index (κ1) is 12.8. The van der Waals surface area contributed by atoms with Crippen molar-refractivity contribution in [1.29, 1.82) is 0 Å². The standard InChI is InChI=1S/C15H20N2O/c1-2-12(16)6-5-11-18-15-9-3-8-14-13(15)7-4-10-17-14/h3-4,7-10,12H,2,5-6,11,16H2,1H3. The normalized spacial score (nSPS) is 12.6. The molecule has 0 radical (unpaired) electrons. The lowest BCUT2D eigenvalue weighted by Gasteiger charge is -2.11. The fourth-order valence-electron chi connectivity index (χ4n) is 1.93. The summed E-state index contributed by atoms with van der Waals surface area (Å²) in [6.07, 6.45) is 4.83. The van der Waals surface area contributed by atoms with Crippen LogP contribution in [0.25, 0.3) is 10.9 Å². The van der Waals surface area contributed by atoms with E-state index in [4.69, 9.17) is 10.5 Å². The number of rotatable bonds is 6. The highest BCUT2D eigenvalue weighted by molar-refractivity contribution is 5.84. The molecule has 0 bridgehead atoms. The number of benzene rings is 1. The maximum atomic E-state index is 5.88. The molecule has 96 valence electrons. The summed E-state index contributed by atoms with van der Waals surface area (Å²) < 4.78 is 5.82. The van der Waals surface area contributed by atoms with Gasteiger partial charge >= 0.3 is 0 Å². The van der Waals surface area contributed by atoms with Gasteiger partial charge in [0.25, 0.3) is 0 Å². The van der Waals surface area contributed by atoms with Crippen LogP contribution in [-0.4, -0.2) is 17.6 Å². The zero-order chi connectivity index (χ0) is 12.8. The van der Waals surface area contributed by atoms with Crippen LogP contribution in [0.15, 0.2) is 36.5 Å². The van der Waals surface area contributed by atoms with E-state index >= 15 is 0 Å². The number of pyridine rings is 1. The first-order valence-electron chi connectivity index (χ1n) is 6.53. The van der Waals surface area contributed by atoms with Gasteiger partial charge in [0, 0.05) is 17.6 Å². The predicted octanol–water partition coefficient (Wildman–Crippen LogP) is 3.13. The Labute approximate surface area is 108 Å². The number of hydrogen-bond donors (Lipinski definition) is 1. The van der Waals surface area contributed by atoms with E-state index in [9.17, 15) is 0 Å². The molecule has 0 aliphatic rings. The molecule has 0 spiro atoms. The number of aromatic nitrogens is 1. The lowest BCUT2D eigenvalue weighted by atomic mass is 10.1. The molecule has 2 N–H and O–H groups in total. The molecule has 2 aromatic rings. The summed E-state index contributed by atoms with van der Waals surface area (Å²) in [5.74, 6) is 0.908. The monoisotopic (exact) mass is 244 g/mol. The summed E-state index contributed by atoms with van der Waals surface area (Å²) in [5.41, 5.74) is 6.85. The second-order valence-electron chi connectivity index (χ2n) is 4.49. The molecule has 0 aliphatic carbocycles. The Bertz CT molecular complexity index is 493. The van der Waals surface area contributed by atoms with Crippen molar-refractivity contribution in [3.63, 3.8) is 0 Å². The lowest BCUT2D eigenvalue weighted by Crippen LogP contribution is -2.19. The van der Waals surface area contributed by atoms with Crippen molar-refractivity contribution in [3.8, 4) is 5.75 Å². The molecule has 2 rings (SSSR count). The van der Waals surface area contributed by atoms with Crippen molar-refractivity contribution in [2.75, 3.05) is 6.61 Å². The van der Waals surface area contributed by atoms with Gasteiger partial charge in [-0.1, -0.05) is 13.0 Å². The first-order valence-corrected chi connectivity index (χ1v) is 6.53. The SMILES string of the molecule is CCC(N)CCCOc1cccc2ncccc12. The van der Waals surface area contributed by atoms with Crippen LogP contribution in [-0.2, 0) is 0 Å². The second kappa shape index (κ2) is 6.36. The number of fused-ring (bicyclic) bond motifs is 1. The third-order valence-corrected chi connectivity index (χ3v) is 3.11. The van der Waals surface area contributed by atoms with Crippen molar-refractivity contribution < 1.29 is 4.74 Å². The van der Waals surface area contributed by atoms with Gasteiger partial charge < -0.3 is 10.5 Å². The third kappa shape index (κ3) is 3.20. The number of ether oxygens (including phenoxy) is 1. The minimum Gasteiger partial charge on any atom is -0.493 e. The summed E-state index contributed by atoms with van der Waals surface area (Å²) >= 11 is 0. The summed E-state index contributed by atoms with van der Waals surface area (Å²) in [5, 5.41) is 1.07. The van der Waals surface area contributed by atoms with Crippen molar-refractivity contribution in [3.05, 3.63) is 36.5 Å². The highest BCUT2D eigenvalue weighted by atomic mass is 16.5. The van der Waals surface area contributed by atoms with E-state index in [2.05, 4.69) is 11.9 Å². The Morgan fingerprint density at radius 3 is 3.00 bits per heavy atom. The van der Waals surface area contributed by atoms with E-state index in [1.807, 2.05) is 30.3 Å². The molecule has 3 heteroatoms. The fraction of sp³-hybridized carbons (Fsp3) is 0.400. The first-order chi connectivity index (χ1) is 8.81. The molecular weight excluding hydrogens is 224 g/mol. The summed E-state index contributed by atoms with van der Waals surface area (Å²) in [6.45, 7) is 2.82. The molecule has 1 aromatic heterocycles. The van der Waals surface area contributed by atoms with Gasteiger partial charge in [-0.25, -0.2) is 0 Å². The largest absolute Gasteiger partial charge is 0.493 e. The summed E-state index contributed by atoms with van der Waals surface area (Å²) in [7, 11) is 0. The molecule has 0 fully saturated rings. The van der Waals surface area contributed by atoms with Crippen LogP contribution in [0.2, 0.25) is 0 Å². The zero-order valence-electron chi connectivity index (χ0n) is 10.8. The maximum Gasteiger partial charge on any atom is 0.128 e. The van der Waals surface area contributed by atoms with Gasteiger partial charge in [-0.2, -0.15) is 0 Å². The van der Waals surface area contributed by atoms with Crippen molar-refractivity contribution in [1.82, 2.24) is 4.98 Å².